The first-order valence-corrected chi connectivity index (χ1v) is 9.49. The molecule has 0 aromatic heterocycles. The monoisotopic (exact) mass is 389 g/mol. The standard InChI is InChI=1S/C21H24ClNO4/c22-17-3-7-19(8-4-17)27-13-15-9-11-21(26,12-10-15)14-23-20(25)16-1-5-18(24)6-2-16/h1-8,15,24,26H,9-14H2,(H,23,25)/t15-,21+. The molecule has 1 amide bonds. The number of carbonyl (C=O) groups excluding carboxylic acids is 1. The van der Waals surface area contributed by atoms with Crippen molar-refractivity contribution in [2.24, 2.45) is 5.92 Å². The van der Waals surface area contributed by atoms with Crippen LogP contribution in [0.5, 0.6) is 11.5 Å². The van der Waals surface area contributed by atoms with E-state index >= 15 is 0 Å². The Morgan fingerprint density at radius 3 is 2.37 bits per heavy atom. The molecule has 144 valence electrons. The molecule has 0 heterocycles. The maximum atomic E-state index is 12.2. The lowest BCUT2D eigenvalue weighted by Crippen LogP contribution is -2.45. The lowest BCUT2D eigenvalue weighted by molar-refractivity contribution is -0.0129. The van der Waals surface area contributed by atoms with Crippen LogP contribution in [0.3, 0.4) is 0 Å². The lowest BCUT2D eigenvalue weighted by atomic mass is 9.79. The fourth-order valence-electron chi connectivity index (χ4n) is 3.26. The van der Waals surface area contributed by atoms with Gasteiger partial charge in [-0.3, -0.25) is 4.79 Å². The molecule has 3 rings (SSSR count). The van der Waals surface area contributed by atoms with Crippen LogP contribution >= 0.6 is 11.6 Å². The Balaban J connectivity index is 1.42. The van der Waals surface area contributed by atoms with Crippen LogP contribution < -0.4 is 10.1 Å². The number of nitrogens with one attached hydrogen (secondary N) is 1. The number of ether oxygens (including phenoxy) is 1. The van der Waals surface area contributed by atoms with E-state index in [1.54, 1.807) is 24.3 Å². The predicted molar refractivity (Wildman–Crippen MR) is 104 cm³/mol. The Hall–Kier alpha value is -2.24. The van der Waals surface area contributed by atoms with Gasteiger partial charge in [0.05, 0.1) is 12.2 Å². The summed E-state index contributed by atoms with van der Waals surface area (Å²) in [5.74, 6) is 1.04. The van der Waals surface area contributed by atoms with Gasteiger partial charge in [-0.2, -0.15) is 0 Å². The molecule has 0 atom stereocenters. The molecule has 2 aromatic carbocycles. The van der Waals surface area contributed by atoms with Gasteiger partial charge >= 0.3 is 0 Å². The van der Waals surface area contributed by atoms with E-state index in [1.807, 2.05) is 12.1 Å². The second kappa shape index (κ2) is 8.63. The first kappa shape index (κ1) is 19.5. The van der Waals surface area contributed by atoms with Gasteiger partial charge in [0.1, 0.15) is 11.5 Å². The zero-order valence-corrected chi connectivity index (χ0v) is 15.8. The summed E-state index contributed by atoms with van der Waals surface area (Å²) in [4.78, 5) is 12.2. The second-order valence-electron chi connectivity index (χ2n) is 7.16. The van der Waals surface area contributed by atoms with Crippen LogP contribution in [0.2, 0.25) is 5.02 Å². The van der Waals surface area contributed by atoms with Crippen LogP contribution in [-0.2, 0) is 0 Å². The van der Waals surface area contributed by atoms with Gasteiger partial charge in [0.25, 0.3) is 5.91 Å². The van der Waals surface area contributed by atoms with Gasteiger partial charge < -0.3 is 20.3 Å². The third kappa shape index (κ3) is 5.62. The largest absolute Gasteiger partial charge is 0.508 e. The first-order valence-electron chi connectivity index (χ1n) is 9.11. The number of aromatic hydroxyl groups is 1. The average Bonchev–Trinajstić information content (AvgIpc) is 2.68. The van der Waals surface area contributed by atoms with Gasteiger partial charge in [0.2, 0.25) is 0 Å². The van der Waals surface area contributed by atoms with E-state index < -0.39 is 5.60 Å². The summed E-state index contributed by atoms with van der Waals surface area (Å²) in [6, 6.07) is 13.3. The molecule has 1 saturated carbocycles. The van der Waals surface area contributed by atoms with Crippen LogP contribution in [0.4, 0.5) is 0 Å². The summed E-state index contributed by atoms with van der Waals surface area (Å²) in [6.45, 7) is 0.828. The molecule has 0 bridgehead atoms. The molecule has 1 fully saturated rings. The number of amides is 1. The summed E-state index contributed by atoms with van der Waals surface area (Å²) in [5.41, 5.74) is -0.426. The molecule has 5 nitrogen and oxygen atoms in total. The van der Waals surface area contributed by atoms with E-state index in [2.05, 4.69) is 5.32 Å². The van der Waals surface area contributed by atoms with Crippen LogP contribution in [-0.4, -0.2) is 34.9 Å². The van der Waals surface area contributed by atoms with Gasteiger partial charge in [-0.25, -0.2) is 0 Å². The van der Waals surface area contributed by atoms with Crippen molar-refractivity contribution in [2.75, 3.05) is 13.2 Å². The van der Waals surface area contributed by atoms with E-state index in [1.165, 1.54) is 12.1 Å². The minimum Gasteiger partial charge on any atom is -0.508 e. The highest BCUT2D eigenvalue weighted by Crippen LogP contribution is 2.32. The zero-order valence-electron chi connectivity index (χ0n) is 15.0. The smallest absolute Gasteiger partial charge is 0.251 e. The van der Waals surface area contributed by atoms with Gasteiger partial charge in [0.15, 0.2) is 0 Å². The first-order chi connectivity index (χ1) is 12.9. The molecule has 27 heavy (non-hydrogen) atoms. The summed E-state index contributed by atoms with van der Waals surface area (Å²) in [5, 5.41) is 23.5. The molecule has 0 spiro atoms. The normalized spacial score (nSPS) is 22.2. The fourth-order valence-corrected chi connectivity index (χ4v) is 3.39. The number of aliphatic hydroxyl groups is 1. The molecule has 2 aromatic rings. The van der Waals surface area contributed by atoms with E-state index in [0.29, 0.717) is 36.0 Å². The Bertz CT molecular complexity index is 753. The average molecular weight is 390 g/mol. The highest BCUT2D eigenvalue weighted by Gasteiger charge is 2.33. The summed E-state index contributed by atoms with van der Waals surface area (Å²) in [7, 11) is 0. The Kier molecular flexibility index (Phi) is 6.24. The number of carbonyl (C=O) groups is 1. The van der Waals surface area contributed by atoms with Crippen LogP contribution in [0.1, 0.15) is 36.0 Å². The molecule has 1 aliphatic carbocycles. The van der Waals surface area contributed by atoms with Crippen molar-refractivity contribution in [3.8, 4) is 11.5 Å². The molecule has 0 unspecified atom stereocenters. The molecule has 6 heteroatoms. The summed E-state index contributed by atoms with van der Waals surface area (Å²) in [6.07, 6.45) is 2.94. The summed E-state index contributed by atoms with van der Waals surface area (Å²) < 4.78 is 5.80. The quantitative estimate of drug-likeness (QED) is 0.702. The predicted octanol–water partition coefficient (Wildman–Crippen LogP) is 3.78. The van der Waals surface area contributed by atoms with E-state index in [9.17, 15) is 15.0 Å². The SMILES string of the molecule is O=C(NC[C@]1(O)CC[C@@H](COc2ccc(Cl)cc2)CC1)c1ccc(O)cc1. The van der Waals surface area contributed by atoms with Gasteiger partial charge in [0, 0.05) is 17.1 Å². The Morgan fingerprint density at radius 2 is 1.74 bits per heavy atom. The molecule has 1 aliphatic rings. The Morgan fingerprint density at radius 1 is 1.11 bits per heavy atom. The lowest BCUT2D eigenvalue weighted by Gasteiger charge is -2.36. The van der Waals surface area contributed by atoms with Crippen molar-refractivity contribution < 1.29 is 19.7 Å². The zero-order chi connectivity index (χ0) is 19.3. The molecule has 0 aliphatic heterocycles. The minimum absolute atomic E-state index is 0.115. The fraction of sp³-hybridized carbons (Fsp3) is 0.381. The number of phenols is 1. The van der Waals surface area contributed by atoms with Gasteiger partial charge in [-0.15, -0.1) is 0 Å². The van der Waals surface area contributed by atoms with Crippen molar-refractivity contribution in [3.63, 3.8) is 0 Å². The van der Waals surface area contributed by atoms with E-state index in [4.69, 9.17) is 16.3 Å². The molecule has 0 saturated heterocycles. The number of rotatable bonds is 6. The third-order valence-corrected chi connectivity index (χ3v) is 5.29. The topological polar surface area (TPSA) is 78.8 Å². The van der Waals surface area contributed by atoms with Crippen LogP contribution in [0.25, 0.3) is 0 Å². The molecular formula is C21H24ClNO4. The number of hydrogen-bond donors (Lipinski definition) is 3. The maximum Gasteiger partial charge on any atom is 0.251 e. The number of phenolic OH excluding ortho intramolecular Hbond substituents is 1. The highest BCUT2D eigenvalue weighted by atomic mass is 35.5. The van der Waals surface area contributed by atoms with Gasteiger partial charge in [-0.05, 0) is 80.1 Å². The second-order valence-corrected chi connectivity index (χ2v) is 7.60. The minimum atomic E-state index is -0.886. The number of benzene rings is 2. The van der Waals surface area contributed by atoms with E-state index in [-0.39, 0.29) is 18.2 Å². The van der Waals surface area contributed by atoms with Crippen molar-refractivity contribution in [3.05, 3.63) is 59.1 Å². The number of hydrogen-bond acceptors (Lipinski definition) is 4. The van der Waals surface area contributed by atoms with Crippen molar-refractivity contribution >= 4 is 17.5 Å². The van der Waals surface area contributed by atoms with Crippen molar-refractivity contribution in [2.45, 2.75) is 31.3 Å². The van der Waals surface area contributed by atoms with E-state index in [0.717, 1.165) is 18.6 Å². The van der Waals surface area contributed by atoms with Crippen molar-refractivity contribution in [1.82, 2.24) is 5.32 Å². The Labute approximate surface area is 163 Å². The third-order valence-electron chi connectivity index (χ3n) is 5.04. The van der Waals surface area contributed by atoms with Crippen molar-refractivity contribution in [1.29, 1.82) is 0 Å². The van der Waals surface area contributed by atoms with Crippen LogP contribution in [0, 0.1) is 5.92 Å². The summed E-state index contributed by atoms with van der Waals surface area (Å²) >= 11 is 5.87. The van der Waals surface area contributed by atoms with Crippen LogP contribution in [0.15, 0.2) is 48.5 Å². The molecule has 0 radical (unpaired) electrons. The van der Waals surface area contributed by atoms with Gasteiger partial charge in [-0.1, -0.05) is 11.6 Å². The molecular weight excluding hydrogens is 366 g/mol. The number of halogens is 1. The maximum absolute atomic E-state index is 12.2. The molecule has 3 N–H and O–H groups in total. The highest BCUT2D eigenvalue weighted by molar-refractivity contribution is 6.30.